The first-order valence-corrected chi connectivity index (χ1v) is 6.35. The number of rotatable bonds is 5. The first-order chi connectivity index (χ1) is 9.06. The van der Waals surface area contributed by atoms with Gasteiger partial charge in [0.2, 0.25) is 0 Å². The summed E-state index contributed by atoms with van der Waals surface area (Å²) in [5.74, 6) is -0.975. The van der Waals surface area contributed by atoms with Crippen molar-refractivity contribution in [2.24, 2.45) is 7.05 Å². The van der Waals surface area contributed by atoms with Crippen LogP contribution in [0.4, 0.5) is 5.69 Å². The summed E-state index contributed by atoms with van der Waals surface area (Å²) < 4.78 is 1.79. The number of nitrogens with zero attached hydrogens (tertiary/aromatic N) is 3. The van der Waals surface area contributed by atoms with Gasteiger partial charge in [-0.05, 0) is 13.3 Å². The molecule has 102 valence electrons. The lowest BCUT2D eigenvalue weighted by Gasteiger charge is -2.12. The Bertz CT molecular complexity index is 619. The van der Waals surface area contributed by atoms with Gasteiger partial charge >= 0.3 is 5.97 Å². The lowest BCUT2D eigenvalue weighted by atomic mass is 10.1. The largest absolute Gasteiger partial charge is 0.478 e. The molecular formula is C13H18N4O2. The Balaban J connectivity index is 2.59. The van der Waals surface area contributed by atoms with E-state index in [4.69, 9.17) is 0 Å². The molecule has 2 heterocycles. The normalized spacial score (nSPS) is 10.9. The van der Waals surface area contributed by atoms with Gasteiger partial charge in [0.05, 0.1) is 17.7 Å². The molecule has 0 bridgehead atoms. The van der Waals surface area contributed by atoms with Crippen molar-refractivity contribution in [3.63, 3.8) is 0 Å². The first-order valence-electron chi connectivity index (χ1n) is 6.35. The van der Waals surface area contributed by atoms with Crippen LogP contribution in [0.1, 0.15) is 35.8 Å². The van der Waals surface area contributed by atoms with Crippen LogP contribution < -0.4 is 5.32 Å². The standard InChI is InChI=1S/C13H18N4O2/c1-4-5-6-14-10-9(13(18)19)8(2)16-12-11(10)15-7-17(12)3/h7H,4-6H2,1-3H3,(H,14,16)(H,18,19). The Morgan fingerprint density at radius 3 is 2.89 bits per heavy atom. The fourth-order valence-electron chi connectivity index (χ4n) is 2.07. The maximum atomic E-state index is 11.4. The van der Waals surface area contributed by atoms with E-state index in [1.54, 1.807) is 17.8 Å². The van der Waals surface area contributed by atoms with Crippen molar-refractivity contribution in [2.75, 3.05) is 11.9 Å². The van der Waals surface area contributed by atoms with E-state index in [-0.39, 0.29) is 5.56 Å². The second-order valence-electron chi connectivity index (χ2n) is 4.56. The van der Waals surface area contributed by atoms with Crippen LogP contribution in [-0.2, 0) is 7.05 Å². The zero-order valence-corrected chi connectivity index (χ0v) is 11.4. The minimum absolute atomic E-state index is 0.210. The van der Waals surface area contributed by atoms with Crippen molar-refractivity contribution in [1.82, 2.24) is 14.5 Å². The average molecular weight is 262 g/mol. The first kappa shape index (κ1) is 13.3. The minimum atomic E-state index is -0.975. The Morgan fingerprint density at radius 2 is 2.26 bits per heavy atom. The number of fused-ring (bicyclic) bond motifs is 1. The molecule has 2 N–H and O–H groups in total. The summed E-state index contributed by atoms with van der Waals surface area (Å²) in [5.41, 5.74) is 2.59. The van der Waals surface area contributed by atoms with Gasteiger partial charge in [0.25, 0.3) is 0 Å². The van der Waals surface area contributed by atoms with Gasteiger partial charge < -0.3 is 15.0 Å². The fourth-order valence-corrected chi connectivity index (χ4v) is 2.07. The Kier molecular flexibility index (Phi) is 3.69. The van der Waals surface area contributed by atoms with Crippen LogP contribution in [-0.4, -0.2) is 32.2 Å². The highest BCUT2D eigenvalue weighted by atomic mass is 16.4. The molecular weight excluding hydrogens is 244 g/mol. The number of hydrogen-bond acceptors (Lipinski definition) is 4. The predicted molar refractivity (Wildman–Crippen MR) is 73.6 cm³/mol. The van der Waals surface area contributed by atoms with Crippen molar-refractivity contribution < 1.29 is 9.90 Å². The summed E-state index contributed by atoms with van der Waals surface area (Å²) in [6.07, 6.45) is 3.67. The van der Waals surface area contributed by atoms with Gasteiger partial charge in [-0.2, -0.15) is 0 Å². The highest BCUT2D eigenvalue weighted by Crippen LogP contribution is 2.27. The van der Waals surface area contributed by atoms with E-state index < -0.39 is 5.97 Å². The number of aromatic nitrogens is 3. The van der Waals surface area contributed by atoms with Crippen molar-refractivity contribution in [2.45, 2.75) is 26.7 Å². The molecule has 2 aromatic heterocycles. The number of carbonyl (C=O) groups is 1. The molecule has 0 aliphatic heterocycles. The maximum absolute atomic E-state index is 11.4. The summed E-state index contributed by atoms with van der Waals surface area (Å²) in [6, 6.07) is 0. The molecule has 0 fully saturated rings. The van der Waals surface area contributed by atoms with Gasteiger partial charge in [0, 0.05) is 13.6 Å². The van der Waals surface area contributed by atoms with Crippen LogP contribution in [0, 0.1) is 6.92 Å². The molecule has 0 atom stereocenters. The summed E-state index contributed by atoms with van der Waals surface area (Å²) in [7, 11) is 1.85. The topological polar surface area (TPSA) is 80.0 Å². The van der Waals surface area contributed by atoms with E-state index >= 15 is 0 Å². The van der Waals surface area contributed by atoms with E-state index in [9.17, 15) is 9.90 Å². The molecule has 6 heteroatoms. The van der Waals surface area contributed by atoms with E-state index in [1.165, 1.54) is 0 Å². The molecule has 2 aromatic rings. The van der Waals surface area contributed by atoms with Crippen LogP contribution in [0.2, 0.25) is 0 Å². The number of anilines is 1. The van der Waals surface area contributed by atoms with Gasteiger partial charge in [-0.25, -0.2) is 14.8 Å². The van der Waals surface area contributed by atoms with Crippen LogP contribution in [0.15, 0.2) is 6.33 Å². The third-order valence-electron chi connectivity index (χ3n) is 3.07. The summed E-state index contributed by atoms with van der Waals surface area (Å²) in [5, 5.41) is 12.6. The number of aryl methyl sites for hydroxylation is 2. The van der Waals surface area contributed by atoms with Crippen LogP contribution in [0.25, 0.3) is 11.2 Å². The molecule has 0 aromatic carbocycles. The SMILES string of the molecule is CCCCNc1c(C(=O)O)c(C)nc2c1ncn2C. The summed E-state index contributed by atoms with van der Waals surface area (Å²) in [4.78, 5) is 20.0. The monoisotopic (exact) mass is 262 g/mol. The second-order valence-corrected chi connectivity index (χ2v) is 4.56. The number of pyridine rings is 1. The molecule has 6 nitrogen and oxygen atoms in total. The van der Waals surface area contributed by atoms with E-state index in [2.05, 4.69) is 22.2 Å². The zero-order chi connectivity index (χ0) is 14.0. The number of unbranched alkanes of at least 4 members (excludes halogenated alkanes) is 1. The number of aromatic carboxylic acids is 1. The molecule has 0 aliphatic carbocycles. The van der Waals surface area contributed by atoms with E-state index in [0.717, 1.165) is 19.4 Å². The molecule has 0 unspecified atom stereocenters. The lowest BCUT2D eigenvalue weighted by Crippen LogP contribution is -2.11. The number of nitrogens with one attached hydrogen (secondary N) is 1. The smallest absolute Gasteiger partial charge is 0.339 e. The van der Waals surface area contributed by atoms with Crippen molar-refractivity contribution in [1.29, 1.82) is 0 Å². The van der Waals surface area contributed by atoms with Gasteiger partial charge in [-0.1, -0.05) is 13.3 Å². The highest BCUT2D eigenvalue weighted by Gasteiger charge is 2.20. The molecule has 0 radical (unpaired) electrons. The van der Waals surface area contributed by atoms with Crippen molar-refractivity contribution >= 4 is 22.8 Å². The number of imidazole rings is 1. The lowest BCUT2D eigenvalue weighted by molar-refractivity contribution is 0.0697. The second kappa shape index (κ2) is 5.26. The zero-order valence-electron chi connectivity index (χ0n) is 11.4. The minimum Gasteiger partial charge on any atom is -0.478 e. The third-order valence-corrected chi connectivity index (χ3v) is 3.07. The Morgan fingerprint density at radius 1 is 1.53 bits per heavy atom. The molecule has 0 spiro atoms. The predicted octanol–water partition coefficient (Wildman–Crippen LogP) is 2.19. The van der Waals surface area contributed by atoms with Gasteiger partial charge in [-0.15, -0.1) is 0 Å². The summed E-state index contributed by atoms with van der Waals surface area (Å²) in [6.45, 7) is 4.53. The molecule has 0 amide bonds. The summed E-state index contributed by atoms with van der Waals surface area (Å²) >= 11 is 0. The van der Waals surface area contributed by atoms with Gasteiger partial charge in [0.1, 0.15) is 11.1 Å². The highest BCUT2D eigenvalue weighted by molar-refractivity contribution is 6.03. The van der Waals surface area contributed by atoms with E-state index in [1.807, 2.05) is 7.05 Å². The van der Waals surface area contributed by atoms with Crippen LogP contribution in [0.3, 0.4) is 0 Å². The number of carboxylic acid groups (broad SMARTS) is 1. The van der Waals surface area contributed by atoms with E-state index in [0.29, 0.717) is 22.5 Å². The average Bonchev–Trinajstić information content (AvgIpc) is 2.70. The van der Waals surface area contributed by atoms with Crippen molar-refractivity contribution in [3.8, 4) is 0 Å². The number of hydrogen-bond donors (Lipinski definition) is 2. The van der Waals surface area contributed by atoms with Crippen LogP contribution >= 0.6 is 0 Å². The Labute approximate surface area is 111 Å². The number of carboxylic acids is 1. The van der Waals surface area contributed by atoms with Gasteiger partial charge in [0.15, 0.2) is 5.65 Å². The maximum Gasteiger partial charge on any atom is 0.339 e. The third kappa shape index (κ3) is 2.38. The van der Waals surface area contributed by atoms with Crippen LogP contribution in [0.5, 0.6) is 0 Å². The fraction of sp³-hybridized carbons (Fsp3) is 0.462. The molecule has 0 saturated heterocycles. The molecule has 2 rings (SSSR count). The molecule has 19 heavy (non-hydrogen) atoms. The molecule has 0 aliphatic rings. The van der Waals surface area contributed by atoms with Gasteiger partial charge in [-0.3, -0.25) is 0 Å². The quantitative estimate of drug-likeness (QED) is 0.807. The van der Waals surface area contributed by atoms with Crippen molar-refractivity contribution in [3.05, 3.63) is 17.6 Å². The molecule has 0 saturated carbocycles. The Hall–Kier alpha value is -2.11.